The van der Waals surface area contributed by atoms with E-state index in [1.165, 1.54) is 26.4 Å². The number of fused-ring (bicyclic) bond motifs is 1. The third kappa shape index (κ3) is 5.40. The Hall–Kier alpha value is -3.24. The normalized spacial score (nSPS) is 19.4. The van der Waals surface area contributed by atoms with Crippen molar-refractivity contribution in [1.29, 1.82) is 0 Å². The molecule has 0 aliphatic heterocycles. The van der Waals surface area contributed by atoms with E-state index in [9.17, 15) is 19.4 Å². The average molecular weight is 458 g/mol. The monoisotopic (exact) mass is 457 g/mol. The topological polar surface area (TPSA) is 133 Å². The fraction of sp³-hybridized carbons (Fsp3) is 0.435. The van der Waals surface area contributed by atoms with Gasteiger partial charge in [0, 0.05) is 24.0 Å². The van der Waals surface area contributed by atoms with Crippen LogP contribution in [0.2, 0.25) is 0 Å². The van der Waals surface area contributed by atoms with E-state index in [1.807, 2.05) is 12.1 Å². The number of anilines is 3. The highest BCUT2D eigenvalue weighted by molar-refractivity contribution is 6.00. The molecule has 1 aliphatic rings. The molecule has 1 saturated carbocycles. The van der Waals surface area contributed by atoms with E-state index < -0.39 is 23.8 Å². The summed E-state index contributed by atoms with van der Waals surface area (Å²) in [7, 11) is 0. The molecular weight excluding hydrogens is 429 g/mol. The SMILES string of the molecule is CC(C)(O)C(F)CNC(=O)c1cnc(Nc2ccc3ncoc3c2)cc1NC1CCCC1O. The lowest BCUT2D eigenvalue weighted by Gasteiger charge is -2.23. The molecular formula is C23H28FN5O4. The van der Waals surface area contributed by atoms with E-state index in [4.69, 9.17) is 4.42 Å². The second-order valence-electron chi connectivity index (χ2n) is 8.86. The van der Waals surface area contributed by atoms with Crippen molar-refractivity contribution in [1.82, 2.24) is 15.3 Å². The zero-order valence-corrected chi connectivity index (χ0v) is 18.5. The standard InChI is InChI=1S/C23H28FN5O4/c1-23(2,32)20(24)11-26-22(31)14-10-25-21(9-17(14)29-15-4-3-5-18(15)30)28-13-6-7-16-19(8-13)33-12-27-16/h6-10,12,15,18,20,30,32H,3-5,11H2,1-2H3,(H,26,31)(H2,25,28,29). The summed E-state index contributed by atoms with van der Waals surface area (Å²) >= 11 is 0. The van der Waals surface area contributed by atoms with Gasteiger partial charge in [0.15, 0.2) is 12.0 Å². The number of rotatable bonds is 8. The van der Waals surface area contributed by atoms with E-state index in [2.05, 4.69) is 25.9 Å². The summed E-state index contributed by atoms with van der Waals surface area (Å²) in [6, 6.07) is 6.90. The second-order valence-corrected chi connectivity index (χ2v) is 8.86. The summed E-state index contributed by atoms with van der Waals surface area (Å²) in [5, 5.41) is 28.9. The van der Waals surface area contributed by atoms with Crippen molar-refractivity contribution >= 4 is 34.2 Å². The van der Waals surface area contributed by atoms with Crippen LogP contribution in [-0.2, 0) is 0 Å². The molecule has 1 aliphatic carbocycles. The number of alkyl halides is 1. The number of halogens is 1. The van der Waals surface area contributed by atoms with Crippen LogP contribution >= 0.6 is 0 Å². The minimum atomic E-state index is -1.63. The predicted octanol–water partition coefficient (Wildman–Crippen LogP) is 3.13. The number of benzene rings is 1. The highest BCUT2D eigenvalue weighted by Gasteiger charge is 2.29. The summed E-state index contributed by atoms with van der Waals surface area (Å²) in [6.45, 7) is 2.35. The maximum absolute atomic E-state index is 14.1. The molecule has 1 fully saturated rings. The van der Waals surface area contributed by atoms with Gasteiger partial charge in [0.05, 0.1) is 35.5 Å². The van der Waals surface area contributed by atoms with Crippen LogP contribution in [0.4, 0.5) is 21.6 Å². The van der Waals surface area contributed by atoms with Crippen molar-refractivity contribution in [2.75, 3.05) is 17.2 Å². The Bertz CT molecular complexity index is 1130. The number of nitrogens with one attached hydrogen (secondary N) is 3. The van der Waals surface area contributed by atoms with Crippen LogP contribution < -0.4 is 16.0 Å². The summed E-state index contributed by atoms with van der Waals surface area (Å²) in [6.07, 6.45) is 2.94. The van der Waals surface area contributed by atoms with E-state index in [-0.39, 0.29) is 18.2 Å². The van der Waals surface area contributed by atoms with Gasteiger partial charge in [-0.05, 0) is 45.2 Å². The van der Waals surface area contributed by atoms with Crippen LogP contribution in [0.25, 0.3) is 11.1 Å². The lowest BCUT2D eigenvalue weighted by molar-refractivity contribution is -0.00177. The number of hydrogen-bond acceptors (Lipinski definition) is 8. The van der Waals surface area contributed by atoms with Gasteiger partial charge >= 0.3 is 0 Å². The Morgan fingerprint density at radius 3 is 2.85 bits per heavy atom. The molecule has 2 aromatic heterocycles. The molecule has 3 atom stereocenters. The molecule has 2 heterocycles. The van der Waals surface area contributed by atoms with Gasteiger partial charge in [0.25, 0.3) is 5.91 Å². The molecule has 1 aromatic carbocycles. The first-order valence-electron chi connectivity index (χ1n) is 10.9. The number of carbonyl (C=O) groups excluding carboxylic acids is 1. The minimum absolute atomic E-state index is 0.206. The van der Waals surface area contributed by atoms with Crippen LogP contribution in [0.5, 0.6) is 0 Å². The Morgan fingerprint density at radius 2 is 2.12 bits per heavy atom. The van der Waals surface area contributed by atoms with Gasteiger partial charge in [0.1, 0.15) is 17.5 Å². The number of oxazole rings is 1. The van der Waals surface area contributed by atoms with Gasteiger partial charge in [-0.1, -0.05) is 0 Å². The van der Waals surface area contributed by atoms with Crippen molar-refractivity contribution in [2.24, 2.45) is 0 Å². The van der Waals surface area contributed by atoms with E-state index >= 15 is 0 Å². The number of nitrogens with zero attached hydrogens (tertiary/aromatic N) is 2. The van der Waals surface area contributed by atoms with Gasteiger partial charge in [-0.2, -0.15) is 0 Å². The Balaban J connectivity index is 1.56. The van der Waals surface area contributed by atoms with Crippen molar-refractivity contribution in [3.63, 3.8) is 0 Å². The number of carbonyl (C=O) groups is 1. The minimum Gasteiger partial charge on any atom is -0.443 e. The highest BCUT2D eigenvalue weighted by Crippen LogP contribution is 2.28. The number of aromatic nitrogens is 2. The molecule has 1 amide bonds. The number of aliphatic hydroxyl groups is 2. The van der Waals surface area contributed by atoms with Crippen molar-refractivity contribution in [3.8, 4) is 0 Å². The number of amides is 1. The Kier molecular flexibility index (Phi) is 6.48. The average Bonchev–Trinajstić information content (AvgIpc) is 3.39. The molecule has 3 unspecified atom stereocenters. The quantitative estimate of drug-likeness (QED) is 0.349. The number of hydrogen-bond donors (Lipinski definition) is 5. The van der Waals surface area contributed by atoms with Gasteiger partial charge in [-0.3, -0.25) is 4.79 Å². The van der Waals surface area contributed by atoms with E-state index in [0.29, 0.717) is 23.5 Å². The molecule has 176 valence electrons. The van der Waals surface area contributed by atoms with Crippen LogP contribution in [0.15, 0.2) is 41.3 Å². The maximum Gasteiger partial charge on any atom is 0.255 e. The summed E-state index contributed by atoms with van der Waals surface area (Å²) in [5.74, 6) is -0.0562. The molecule has 3 aromatic rings. The molecule has 10 heteroatoms. The van der Waals surface area contributed by atoms with Gasteiger partial charge < -0.3 is 30.6 Å². The smallest absolute Gasteiger partial charge is 0.255 e. The van der Waals surface area contributed by atoms with Crippen LogP contribution in [0.1, 0.15) is 43.5 Å². The number of aliphatic hydroxyl groups excluding tert-OH is 1. The molecule has 0 spiro atoms. The third-order valence-corrected chi connectivity index (χ3v) is 5.78. The molecule has 9 nitrogen and oxygen atoms in total. The molecule has 0 radical (unpaired) electrons. The summed E-state index contributed by atoms with van der Waals surface area (Å²) < 4.78 is 19.4. The fourth-order valence-corrected chi connectivity index (χ4v) is 3.74. The largest absolute Gasteiger partial charge is 0.443 e. The first-order valence-corrected chi connectivity index (χ1v) is 10.9. The summed E-state index contributed by atoms with van der Waals surface area (Å²) in [5.41, 5.74) is 1.19. The maximum atomic E-state index is 14.1. The third-order valence-electron chi connectivity index (χ3n) is 5.78. The van der Waals surface area contributed by atoms with Crippen molar-refractivity contribution in [2.45, 2.75) is 57.0 Å². The Morgan fingerprint density at radius 1 is 1.30 bits per heavy atom. The van der Waals surface area contributed by atoms with Gasteiger partial charge in [-0.25, -0.2) is 14.4 Å². The van der Waals surface area contributed by atoms with Gasteiger partial charge in [0.2, 0.25) is 0 Å². The molecule has 0 saturated heterocycles. The molecule has 33 heavy (non-hydrogen) atoms. The molecule has 5 N–H and O–H groups in total. The Labute approximate surface area is 190 Å². The van der Waals surface area contributed by atoms with E-state index in [0.717, 1.165) is 24.0 Å². The number of pyridine rings is 1. The van der Waals surface area contributed by atoms with Crippen LogP contribution in [-0.4, -0.2) is 56.6 Å². The molecule has 0 bridgehead atoms. The van der Waals surface area contributed by atoms with Crippen molar-refractivity contribution in [3.05, 3.63) is 42.4 Å². The fourth-order valence-electron chi connectivity index (χ4n) is 3.74. The zero-order chi connectivity index (χ0) is 23.6. The zero-order valence-electron chi connectivity index (χ0n) is 18.5. The van der Waals surface area contributed by atoms with Crippen LogP contribution in [0.3, 0.4) is 0 Å². The first-order chi connectivity index (χ1) is 15.7. The molecule has 4 rings (SSSR count). The lowest BCUT2D eigenvalue weighted by atomic mass is 10.0. The van der Waals surface area contributed by atoms with E-state index in [1.54, 1.807) is 12.1 Å². The second kappa shape index (κ2) is 9.32. The van der Waals surface area contributed by atoms with Gasteiger partial charge in [-0.15, -0.1) is 0 Å². The van der Waals surface area contributed by atoms with Crippen LogP contribution in [0, 0.1) is 0 Å². The highest BCUT2D eigenvalue weighted by atomic mass is 19.1. The first kappa shape index (κ1) is 22.9. The predicted molar refractivity (Wildman–Crippen MR) is 122 cm³/mol. The van der Waals surface area contributed by atoms with Crippen molar-refractivity contribution < 1.29 is 23.8 Å². The lowest BCUT2D eigenvalue weighted by Crippen LogP contribution is -2.42. The summed E-state index contributed by atoms with van der Waals surface area (Å²) in [4.78, 5) is 21.2.